The van der Waals surface area contributed by atoms with E-state index in [9.17, 15) is 4.79 Å². The van der Waals surface area contributed by atoms with Gasteiger partial charge in [-0.3, -0.25) is 4.79 Å². The molecule has 4 nitrogen and oxygen atoms in total. The molecule has 3 aromatic carbocycles. The van der Waals surface area contributed by atoms with Gasteiger partial charge in [0.2, 0.25) is 5.91 Å². The summed E-state index contributed by atoms with van der Waals surface area (Å²) in [5, 5.41) is 2.21. The summed E-state index contributed by atoms with van der Waals surface area (Å²) in [6.07, 6.45) is 0. The van der Waals surface area contributed by atoms with Gasteiger partial charge in [0, 0.05) is 6.54 Å². The molecule has 29 heavy (non-hydrogen) atoms. The number of ether oxygens (including phenoxy) is 2. The third-order valence-corrected chi connectivity index (χ3v) is 5.61. The minimum atomic E-state index is -0.227. The van der Waals surface area contributed by atoms with Crippen LogP contribution >= 0.6 is 0 Å². The summed E-state index contributed by atoms with van der Waals surface area (Å²) in [5.41, 5.74) is 2.08. The standard InChI is InChI=1S/C25H29NO3/c1-6-26(18(3)20-8-7-9-23(15-20)28-4)25(27)17(2)19-10-11-22-16-24(29-5)13-12-21(22)14-19/h7-18H,6H2,1-5H3/t17-,18?/m0/s1. The Kier molecular flexibility index (Phi) is 6.42. The molecule has 1 unspecified atom stereocenters. The molecular formula is C25H29NO3. The monoisotopic (exact) mass is 391 g/mol. The lowest BCUT2D eigenvalue weighted by Crippen LogP contribution is -2.36. The topological polar surface area (TPSA) is 38.8 Å². The van der Waals surface area contributed by atoms with Gasteiger partial charge in [0.1, 0.15) is 11.5 Å². The number of methoxy groups -OCH3 is 2. The Bertz CT molecular complexity index is 998. The smallest absolute Gasteiger partial charge is 0.230 e. The normalized spacial score (nSPS) is 13.0. The molecule has 1 amide bonds. The van der Waals surface area contributed by atoms with E-state index >= 15 is 0 Å². The number of carbonyl (C=O) groups excluding carboxylic acids is 1. The molecule has 152 valence electrons. The second kappa shape index (κ2) is 8.99. The van der Waals surface area contributed by atoms with Crippen LogP contribution in [0.1, 0.15) is 43.9 Å². The van der Waals surface area contributed by atoms with Crippen molar-refractivity contribution in [2.24, 2.45) is 0 Å². The molecule has 4 heteroatoms. The van der Waals surface area contributed by atoms with Gasteiger partial charge >= 0.3 is 0 Å². The summed E-state index contributed by atoms with van der Waals surface area (Å²) in [4.78, 5) is 15.3. The van der Waals surface area contributed by atoms with Crippen molar-refractivity contribution in [1.29, 1.82) is 0 Å². The van der Waals surface area contributed by atoms with Crippen LogP contribution in [0.15, 0.2) is 60.7 Å². The van der Waals surface area contributed by atoms with Gasteiger partial charge in [0.05, 0.1) is 26.2 Å². The average molecular weight is 392 g/mol. The Morgan fingerprint density at radius 3 is 2.21 bits per heavy atom. The number of carbonyl (C=O) groups is 1. The first kappa shape index (κ1) is 20.7. The van der Waals surface area contributed by atoms with Crippen LogP contribution in [0, 0.1) is 0 Å². The molecular weight excluding hydrogens is 362 g/mol. The van der Waals surface area contributed by atoms with Gasteiger partial charge in [-0.25, -0.2) is 0 Å². The summed E-state index contributed by atoms with van der Waals surface area (Å²) in [6.45, 7) is 6.71. The van der Waals surface area contributed by atoms with Crippen molar-refractivity contribution in [2.75, 3.05) is 20.8 Å². The molecule has 3 rings (SSSR count). The third kappa shape index (κ3) is 4.37. The highest BCUT2D eigenvalue weighted by Gasteiger charge is 2.26. The third-order valence-electron chi connectivity index (χ3n) is 5.61. The molecule has 0 saturated carbocycles. The number of rotatable bonds is 7. The van der Waals surface area contributed by atoms with Crippen LogP contribution in [-0.2, 0) is 4.79 Å². The summed E-state index contributed by atoms with van der Waals surface area (Å²) in [7, 11) is 3.32. The van der Waals surface area contributed by atoms with Crippen LogP contribution in [0.2, 0.25) is 0 Å². The molecule has 0 aliphatic heterocycles. The fourth-order valence-electron chi connectivity index (χ4n) is 3.73. The van der Waals surface area contributed by atoms with Crippen LogP contribution in [-0.4, -0.2) is 31.6 Å². The van der Waals surface area contributed by atoms with Gasteiger partial charge < -0.3 is 14.4 Å². The van der Waals surface area contributed by atoms with Crippen molar-refractivity contribution < 1.29 is 14.3 Å². The van der Waals surface area contributed by atoms with E-state index in [1.165, 1.54) is 0 Å². The van der Waals surface area contributed by atoms with Crippen LogP contribution < -0.4 is 9.47 Å². The minimum Gasteiger partial charge on any atom is -0.497 e. The first-order valence-electron chi connectivity index (χ1n) is 10.0. The predicted octanol–water partition coefficient (Wildman–Crippen LogP) is 5.57. The van der Waals surface area contributed by atoms with Gasteiger partial charge in [0.25, 0.3) is 0 Å². The highest BCUT2D eigenvalue weighted by atomic mass is 16.5. The first-order valence-corrected chi connectivity index (χ1v) is 10.0. The Balaban J connectivity index is 1.85. The van der Waals surface area contributed by atoms with E-state index in [2.05, 4.69) is 19.1 Å². The van der Waals surface area contributed by atoms with E-state index in [0.717, 1.165) is 33.4 Å². The van der Waals surface area contributed by atoms with E-state index in [1.807, 2.05) is 67.3 Å². The fraction of sp³-hybridized carbons (Fsp3) is 0.320. The Morgan fingerprint density at radius 1 is 0.862 bits per heavy atom. The molecule has 0 saturated heterocycles. The quantitative estimate of drug-likeness (QED) is 0.528. The molecule has 0 bridgehead atoms. The fourth-order valence-corrected chi connectivity index (χ4v) is 3.73. The number of benzene rings is 3. The molecule has 3 aromatic rings. The summed E-state index contributed by atoms with van der Waals surface area (Å²) in [5.74, 6) is 1.53. The number of hydrogen-bond donors (Lipinski definition) is 0. The highest BCUT2D eigenvalue weighted by molar-refractivity contribution is 5.88. The van der Waals surface area contributed by atoms with Crippen molar-refractivity contribution in [3.05, 3.63) is 71.8 Å². The molecule has 0 aliphatic carbocycles. The van der Waals surface area contributed by atoms with Crippen LogP contribution in [0.25, 0.3) is 10.8 Å². The molecule has 0 N–H and O–H groups in total. The second-order valence-corrected chi connectivity index (χ2v) is 7.27. The molecule has 0 spiro atoms. The maximum atomic E-state index is 13.4. The van der Waals surface area contributed by atoms with E-state index in [4.69, 9.17) is 9.47 Å². The molecule has 2 atom stereocenters. The lowest BCUT2D eigenvalue weighted by molar-refractivity contribution is -0.134. The zero-order chi connectivity index (χ0) is 21.0. The van der Waals surface area contributed by atoms with E-state index in [-0.39, 0.29) is 17.9 Å². The predicted molar refractivity (Wildman–Crippen MR) is 118 cm³/mol. The zero-order valence-electron chi connectivity index (χ0n) is 17.8. The maximum absolute atomic E-state index is 13.4. The van der Waals surface area contributed by atoms with Gasteiger partial charge in [-0.15, -0.1) is 0 Å². The van der Waals surface area contributed by atoms with Crippen molar-refractivity contribution in [2.45, 2.75) is 32.7 Å². The molecule has 0 radical (unpaired) electrons. The zero-order valence-corrected chi connectivity index (χ0v) is 17.8. The summed E-state index contributed by atoms with van der Waals surface area (Å²) in [6, 6.07) is 20.1. The van der Waals surface area contributed by atoms with Gasteiger partial charge in [-0.05, 0) is 66.9 Å². The highest BCUT2D eigenvalue weighted by Crippen LogP contribution is 2.30. The van der Waals surface area contributed by atoms with E-state index < -0.39 is 0 Å². The van der Waals surface area contributed by atoms with Gasteiger partial charge in [-0.2, -0.15) is 0 Å². The molecule has 0 aliphatic rings. The second-order valence-electron chi connectivity index (χ2n) is 7.27. The molecule has 0 heterocycles. The minimum absolute atomic E-state index is 0.0326. The average Bonchev–Trinajstić information content (AvgIpc) is 2.78. The number of fused-ring (bicyclic) bond motifs is 1. The Hall–Kier alpha value is -3.01. The summed E-state index contributed by atoms with van der Waals surface area (Å²) < 4.78 is 10.6. The summed E-state index contributed by atoms with van der Waals surface area (Å²) >= 11 is 0. The van der Waals surface area contributed by atoms with Gasteiger partial charge in [-0.1, -0.05) is 36.4 Å². The largest absolute Gasteiger partial charge is 0.497 e. The van der Waals surface area contributed by atoms with Crippen molar-refractivity contribution >= 4 is 16.7 Å². The lowest BCUT2D eigenvalue weighted by Gasteiger charge is -2.31. The maximum Gasteiger partial charge on any atom is 0.230 e. The van der Waals surface area contributed by atoms with E-state index in [0.29, 0.717) is 6.54 Å². The van der Waals surface area contributed by atoms with Crippen LogP contribution in [0.4, 0.5) is 0 Å². The lowest BCUT2D eigenvalue weighted by atomic mass is 9.95. The SMILES string of the molecule is CCN(C(=O)[C@@H](C)c1ccc2cc(OC)ccc2c1)C(C)c1cccc(OC)c1. The number of amides is 1. The number of likely N-dealkylation sites (N-methyl/N-ethyl adjacent to an activating group) is 1. The number of hydrogen-bond acceptors (Lipinski definition) is 3. The van der Waals surface area contributed by atoms with Crippen LogP contribution in [0.5, 0.6) is 11.5 Å². The Labute approximate surface area is 173 Å². The van der Waals surface area contributed by atoms with Crippen molar-refractivity contribution in [3.63, 3.8) is 0 Å². The first-order chi connectivity index (χ1) is 14.0. The molecule has 0 aromatic heterocycles. The van der Waals surface area contributed by atoms with Crippen molar-refractivity contribution in [3.8, 4) is 11.5 Å². The Morgan fingerprint density at radius 2 is 1.52 bits per heavy atom. The van der Waals surface area contributed by atoms with E-state index in [1.54, 1.807) is 14.2 Å². The molecule has 0 fully saturated rings. The van der Waals surface area contributed by atoms with Crippen molar-refractivity contribution in [1.82, 2.24) is 4.90 Å². The van der Waals surface area contributed by atoms with Gasteiger partial charge in [0.15, 0.2) is 0 Å². The van der Waals surface area contributed by atoms with Crippen LogP contribution in [0.3, 0.4) is 0 Å². The number of nitrogens with zero attached hydrogens (tertiary/aromatic N) is 1.